The van der Waals surface area contributed by atoms with E-state index in [0.717, 1.165) is 4.68 Å². The van der Waals surface area contributed by atoms with Gasteiger partial charge in [0.1, 0.15) is 17.4 Å². The monoisotopic (exact) mass is 426 g/mol. The van der Waals surface area contributed by atoms with E-state index in [4.69, 9.17) is 39.5 Å². The van der Waals surface area contributed by atoms with Crippen LogP contribution in [0, 0.1) is 5.82 Å². The number of rotatable bonds is 4. The molecule has 2 aromatic carbocycles. The number of esters is 1. The number of carbonyl (C=O) groups excluding carboxylic acids is 1. The predicted molar refractivity (Wildman–Crippen MR) is 100 cm³/mol. The maximum atomic E-state index is 13.8. The molecule has 0 radical (unpaired) electrons. The second kappa shape index (κ2) is 8.08. The first kappa shape index (κ1) is 19.4. The second-order valence-electron chi connectivity index (χ2n) is 5.32. The lowest BCUT2D eigenvalue weighted by Crippen LogP contribution is -2.24. The normalized spacial score (nSPS) is 10.7. The lowest BCUT2D eigenvalue weighted by Gasteiger charge is -2.12. The molecule has 0 atom stereocenters. The van der Waals surface area contributed by atoms with Crippen LogP contribution in [0.3, 0.4) is 0 Å². The van der Waals surface area contributed by atoms with Crippen LogP contribution in [0.2, 0.25) is 15.1 Å². The standard InChI is InChI=1S/C18H10Cl3FN2O3/c19-12-5-3-6-14(22)11(12)9-27-18(26)10-4-1-2-7-15(10)24-17(25)16(21)13(20)8-23-24/h1-8H,9H2. The summed E-state index contributed by atoms with van der Waals surface area (Å²) in [7, 11) is 0. The van der Waals surface area contributed by atoms with Gasteiger partial charge >= 0.3 is 5.97 Å². The van der Waals surface area contributed by atoms with Crippen molar-refractivity contribution in [2.75, 3.05) is 0 Å². The van der Waals surface area contributed by atoms with Crippen LogP contribution in [-0.4, -0.2) is 15.7 Å². The zero-order valence-corrected chi connectivity index (χ0v) is 15.7. The highest BCUT2D eigenvalue weighted by Crippen LogP contribution is 2.22. The first-order chi connectivity index (χ1) is 12.9. The zero-order chi connectivity index (χ0) is 19.6. The molecule has 0 N–H and O–H groups in total. The third-order valence-corrected chi connectivity index (χ3v) is 4.74. The molecule has 1 aromatic heterocycles. The van der Waals surface area contributed by atoms with Crippen LogP contribution < -0.4 is 5.56 Å². The predicted octanol–water partition coefficient (Wildman–Crippen LogP) is 4.69. The van der Waals surface area contributed by atoms with Gasteiger partial charge in [-0.1, -0.05) is 53.0 Å². The molecule has 0 saturated heterocycles. The van der Waals surface area contributed by atoms with Gasteiger partial charge in [-0.15, -0.1) is 0 Å². The molecule has 3 rings (SSSR count). The van der Waals surface area contributed by atoms with Crippen molar-refractivity contribution < 1.29 is 13.9 Å². The molecule has 138 valence electrons. The van der Waals surface area contributed by atoms with E-state index in [1.807, 2.05) is 0 Å². The molecule has 0 spiro atoms. The van der Waals surface area contributed by atoms with Crippen LogP contribution in [0.4, 0.5) is 4.39 Å². The van der Waals surface area contributed by atoms with E-state index in [1.54, 1.807) is 12.1 Å². The molecule has 0 saturated carbocycles. The average Bonchev–Trinajstić information content (AvgIpc) is 2.66. The van der Waals surface area contributed by atoms with E-state index < -0.39 is 17.3 Å². The Morgan fingerprint density at radius 1 is 1.07 bits per heavy atom. The summed E-state index contributed by atoms with van der Waals surface area (Å²) in [4.78, 5) is 24.8. The van der Waals surface area contributed by atoms with Crippen LogP contribution in [0.5, 0.6) is 0 Å². The number of carbonyl (C=O) groups is 1. The van der Waals surface area contributed by atoms with E-state index in [-0.39, 0.29) is 38.5 Å². The van der Waals surface area contributed by atoms with E-state index in [1.165, 1.54) is 36.5 Å². The Morgan fingerprint density at radius 2 is 1.81 bits per heavy atom. The summed E-state index contributed by atoms with van der Waals surface area (Å²) in [5, 5.41) is 3.80. The van der Waals surface area contributed by atoms with Crippen molar-refractivity contribution in [3.63, 3.8) is 0 Å². The summed E-state index contributed by atoms with van der Waals surface area (Å²) < 4.78 is 19.9. The number of aromatic nitrogens is 2. The molecule has 0 unspecified atom stereocenters. The van der Waals surface area contributed by atoms with Crippen molar-refractivity contribution in [1.29, 1.82) is 0 Å². The minimum Gasteiger partial charge on any atom is -0.457 e. The average molecular weight is 428 g/mol. The minimum absolute atomic E-state index is 0.00725. The first-order valence-corrected chi connectivity index (χ1v) is 8.66. The molecule has 27 heavy (non-hydrogen) atoms. The zero-order valence-electron chi connectivity index (χ0n) is 13.5. The Labute approximate surface area is 167 Å². The second-order valence-corrected chi connectivity index (χ2v) is 6.51. The highest BCUT2D eigenvalue weighted by molar-refractivity contribution is 6.41. The van der Waals surface area contributed by atoms with E-state index in [0.29, 0.717) is 0 Å². The fourth-order valence-corrected chi connectivity index (χ4v) is 2.77. The van der Waals surface area contributed by atoms with Crippen molar-refractivity contribution >= 4 is 40.8 Å². The lowest BCUT2D eigenvalue weighted by molar-refractivity contribution is 0.0469. The molecule has 0 bridgehead atoms. The van der Waals surface area contributed by atoms with Gasteiger partial charge in [0, 0.05) is 5.56 Å². The van der Waals surface area contributed by atoms with Crippen LogP contribution >= 0.6 is 34.8 Å². The topological polar surface area (TPSA) is 61.2 Å². The van der Waals surface area contributed by atoms with Crippen molar-refractivity contribution in [3.05, 3.63) is 91.0 Å². The smallest absolute Gasteiger partial charge is 0.340 e. The van der Waals surface area contributed by atoms with Crippen LogP contribution in [-0.2, 0) is 11.3 Å². The number of hydrogen-bond acceptors (Lipinski definition) is 4. The molecule has 0 aliphatic rings. The highest BCUT2D eigenvalue weighted by atomic mass is 35.5. The summed E-state index contributed by atoms with van der Waals surface area (Å²) in [5.41, 5.74) is -0.458. The molecule has 3 aromatic rings. The van der Waals surface area contributed by atoms with Crippen molar-refractivity contribution in [3.8, 4) is 5.69 Å². The molecule has 9 heteroatoms. The van der Waals surface area contributed by atoms with Crippen molar-refractivity contribution in [1.82, 2.24) is 9.78 Å². The number of benzene rings is 2. The maximum absolute atomic E-state index is 13.8. The quantitative estimate of drug-likeness (QED) is 0.567. The van der Waals surface area contributed by atoms with Gasteiger partial charge in [0.2, 0.25) is 0 Å². The number of ether oxygens (including phenoxy) is 1. The van der Waals surface area contributed by atoms with Gasteiger partial charge in [0.15, 0.2) is 0 Å². The SMILES string of the molecule is O=C(OCc1c(F)cccc1Cl)c1ccccc1-n1ncc(Cl)c(Cl)c1=O. The molecule has 1 heterocycles. The van der Waals surface area contributed by atoms with Gasteiger partial charge in [-0.3, -0.25) is 4.79 Å². The van der Waals surface area contributed by atoms with Crippen LogP contribution in [0.1, 0.15) is 15.9 Å². The lowest BCUT2D eigenvalue weighted by atomic mass is 10.1. The Kier molecular flexibility index (Phi) is 5.79. The fraction of sp³-hybridized carbons (Fsp3) is 0.0556. The van der Waals surface area contributed by atoms with Crippen molar-refractivity contribution in [2.24, 2.45) is 0 Å². The molecule has 0 fully saturated rings. The van der Waals surface area contributed by atoms with Gasteiger partial charge in [-0.05, 0) is 24.3 Å². The Morgan fingerprint density at radius 3 is 2.56 bits per heavy atom. The Hall–Kier alpha value is -2.41. The van der Waals surface area contributed by atoms with Gasteiger partial charge in [-0.25, -0.2) is 9.18 Å². The molecular weight excluding hydrogens is 418 g/mol. The Bertz CT molecular complexity index is 1070. The number of para-hydroxylation sites is 1. The van der Waals surface area contributed by atoms with Gasteiger partial charge in [0.05, 0.1) is 27.5 Å². The summed E-state index contributed by atoms with van der Waals surface area (Å²) in [6.07, 6.45) is 1.19. The summed E-state index contributed by atoms with van der Waals surface area (Å²) >= 11 is 17.6. The van der Waals surface area contributed by atoms with Crippen molar-refractivity contribution in [2.45, 2.75) is 6.61 Å². The first-order valence-electron chi connectivity index (χ1n) is 7.53. The van der Waals surface area contributed by atoms with E-state index >= 15 is 0 Å². The van der Waals surface area contributed by atoms with Crippen LogP contribution in [0.15, 0.2) is 53.5 Å². The van der Waals surface area contributed by atoms with Gasteiger partial charge in [0.25, 0.3) is 5.56 Å². The maximum Gasteiger partial charge on any atom is 0.340 e. The summed E-state index contributed by atoms with van der Waals surface area (Å²) in [5.74, 6) is -1.38. The third-order valence-electron chi connectivity index (χ3n) is 3.64. The largest absolute Gasteiger partial charge is 0.457 e. The molecule has 0 aliphatic carbocycles. The van der Waals surface area contributed by atoms with Crippen LogP contribution in [0.25, 0.3) is 5.69 Å². The Balaban J connectivity index is 1.94. The minimum atomic E-state index is -0.787. The van der Waals surface area contributed by atoms with E-state index in [2.05, 4.69) is 5.10 Å². The van der Waals surface area contributed by atoms with Gasteiger partial charge < -0.3 is 4.74 Å². The molecule has 0 aliphatic heterocycles. The number of halogens is 4. The molecular formula is C18H10Cl3FN2O3. The third kappa shape index (κ3) is 3.98. The van der Waals surface area contributed by atoms with Gasteiger partial charge in [-0.2, -0.15) is 9.78 Å². The summed E-state index contributed by atoms with van der Waals surface area (Å²) in [6.45, 7) is -0.373. The summed E-state index contributed by atoms with van der Waals surface area (Å²) in [6, 6.07) is 10.3. The number of hydrogen-bond donors (Lipinski definition) is 0. The number of nitrogens with zero attached hydrogens (tertiary/aromatic N) is 2. The highest BCUT2D eigenvalue weighted by Gasteiger charge is 2.18. The molecule has 0 amide bonds. The fourth-order valence-electron chi connectivity index (χ4n) is 2.30. The van der Waals surface area contributed by atoms with E-state index in [9.17, 15) is 14.0 Å². The molecule has 5 nitrogen and oxygen atoms in total.